The third-order valence-corrected chi connectivity index (χ3v) is 2.97. The molecule has 0 N–H and O–H groups in total. The number of carbonyl (C=O) groups excluding carboxylic acids is 1. The van der Waals surface area contributed by atoms with E-state index in [1.807, 2.05) is 0 Å². The van der Waals surface area contributed by atoms with Crippen LogP contribution in [0.1, 0.15) is 13.8 Å². The number of halogens is 2. The highest BCUT2D eigenvalue weighted by Crippen LogP contribution is 2.27. The Bertz CT molecular complexity index is 416. The molecular weight excluding hydrogens is 263 g/mol. The van der Waals surface area contributed by atoms with Gasteiger partial charge in [-0.2, -0.15) is 0 Å². The van der Waals surface area contributed by atoms with Gasteiger partial charge in [0.2, 0.25) is 0 Å². The minimum absolute atomic E-state index is 0.206. The van der Waals surface area contributed by atoms with Crippen molar-refractivity contribution in [1.82, 2.24) is 0 Å². The molecule has 5 heteroatoms. The van der Waals surface area contributed by atoms with Gasteiger partial charge in [0.25, 0.3) is 0 Å². The first kappa shape index (κ1) is 14.1. The Morgan fingerprint density at radius 3 is 2.47 bits per heavy atom. The number of ether oxygens (including phenoxy) is 2. The zero-order chi connectivity index (χ0) is 13.1. The highest BCUT2D eigenvalue weighted by Gasteiger charge is 2.29. The summed E-state index contributed by atoms with van der Waals surface area (Å²) in [5, 5.41) is 0.881. The normalized spacial score (nSPS) is 11.1. The van der Waals surface area contributed by atoms with Gasteiger partial charge in [-0.05, 0) is 26.0 Å². The van der Waals surface area contributed by atoms with Gasteiger partial charge in [0.15, 0.2) is 0 Å². The molecule has 1 rings (SSSR count). The van der Waals surface area contributed by atoms with E-state index in [2.05, 4.69) is 4.74 Å². The molecule has 1 aromatic rings. The fourth-order valence-corrected chi connectivity index (χ4v) is 1.45. The first-order valence-electron chi connectivity index (χ1n) is 5.03. The Morgan fingerprint density at radius 2 is 1.94 bits per heavy atom. The molecule has 0 heterocycles. The van der Waals surface area contributed by atoms with Crippen molar-refractivity contribution in [1.29, 1.82) is 0 Å². The van der Waals surface area contributed by atoms with Crippen LogP contribution in [-0.2, 0) is 9.53 Å². The van der Waals surface area contributed by atoms with Crippen molar-refractivity contribution in [3.05, 3.63) is 28.2 Å². The number of hydrogen-bond donors (Lipinski definition) is 0. The van der Waals surface area contributed by atoms with E-state index in [4.69, 9.17) is 27.9 Å². The molecular formula is C12H14Cl2O3. The first-order valence-corrected chi connectivity index (χ1v) is 5.78. The Labute approximate surface area is 111 Å². The molecule has 0 saturated carbocycles. The second-order valence-electron chi connectivity index (χ2n) is 4.24. The Kier molecular flexibility index (Phi) is 4.66. The lowest BCUT2D eigenvalue weighted by atomic mass is 9.95. The summed E-state index contributed by atoms with van der Waals surface area (Å²) in [4.78, 5) is 11.4. The average Bonchev–Trinajstić information content (AvgIpc) is 2.29. The van der Waals surface area contributed by atoms with Crippen LogP contribution in [0.2, 0.25) is 10.0 Å². The molecule has 17 heavy (non-hydrogen) atoms. The standard InChI is InChI=1S/C12H14Cl2O3/c1-12(2,11(15)16-3)7-17-8-4-5-9(13)10(14)6-8/h4-6H,7H2,1-3H3. The van der Waals surface area contributed by atoms with E-state index < -0.39 is 5.41 Å². The van der Waals surface area contributed by atoms with Crippen LogP contribution in [0.5, 0.6) is 5.75 Å². The Balaban J connectivity index is 2.67. The molecule has 0 bridgehead atoms. The van der Waals surface area contributed by atoms with Gasteiger partial charge in [-0.1, -0.05) is 23.2 Å². The highest BCUT2D eigenvalue weighted by molar-refractivity contribution is 6.42. The zero-order valence-corrected chi connectivity index (χ0v) is 11.4. The number of benzene rings is 1. The third kappa shape index (κ3) is 3.79. The van der Waals surface area contributed by atoms with Crippen molar-refractivity contribution in [3.63, 3.8) is 0 Å². The minimum Gasteiger partial charge on any atom is -0.492 e. The topological polar surface area (TPSA) is 35.5 Å². The molecule has 0 aliphatic rings. The predicted molar refractivity (Wildman–Crippen MR) is 67.8 cm³/mol. The number of methoxy groups -OCH3 is 1. The Morgan fingerprint density at radius 1 is 1.29 bits per heavy atom. The first-order chi connectivity index (χ1) is 7.86. The van der Waals surface area contributed by atoms with Gasteiger partial charge in [0, 0.05) is 6.07 Å². The van der Waals surface area contributed by atoms with Gasteiger partial charge >= 0.3 is 5.97 Å². The molecule has 0 atom stereocenters. The van der Waals surface area contributed by atoms with E-state index >= 15 is 0 Å². The predicted octanol–water partition coefficient (Wildman–Crippen LogP) is 3.57. The van der Waals surface area contributed by atoms with Gasteiger partial charge in [-0.25, -0.2) is 0 Å². The summed E-state index contributed by atoms with van der Waals surface area (Å²) >= 11 is 11.6. The number of rotatable bonds is 4. The maximum absolute atomic E-state index is 11.4. The van der Waals surface area contributed by atoms with E-state index in [-0.39, 0.29) is 12.6 Å². The van der Waals surface area contributed by atoms with E-state index in [1.165, 1.54) is 7.11 Å². The van der Waals surface area contributed by atoms with Crippen LogP contribution in [0.3, 0.4) is 0 Å². The lowest BCUT2D eigenvalue weighted by Gasteiger charge is -2.21. The third-order valence-electron chi connectivity index (χ3n) is 2.23. The molecule has 0 aliphatic carbocycles. The van der Waals surface area contributed by atoms with Crippen LogP contribution in [-0.4, -0.2) is 19.7 Å². The number of carbonyl (C=O) groups is 1. The molecule has 0 saturated heterocycles. The lowest BCUT2D eigenvalue weighted by molar-refractivity contribution is -0.152. The van der Waals surface area contributed by atoms with Gasteiger partial charge in [-0.3, -0.25) is 4.79 Å². The summed E-state index contributed by atoms with van der Waals surface area (Å²) in [5.41, 5.74) is -0.707. The second kappa shape index (κ2) is 5.61. The van der Waals surface area contributed by atoms with Crippen LogP contribution in [0.4, 0.5) is 0 Å². The molecule has 0 aliphatic heterocycles. The summed E-state index contributed by atoms with van der Waals surface area (Å²) in [7, 11) is 1.35. The second-order valence-corrected chi connectivity index (χ2v) is 5.05. The summed E-state index contributed by atoms with van der Waals surface area (Å²) in [6, 6.07) is 4.95. The molecule has 3 nitrogen and oxygen atoms in total. The zero-order valence-electron chi connectivity index (χ0n) is 9.92. The number of hydrogen-bond acceptors (Lipinski definition) is 3. The fraction of sp³-hybridized carbons (Fsp3) is 0.417. The monoisotopic (exact) mass is 276 g/mol. The van der Waals surface area contributed by atoms with Crippen molar-refractivity contribution >= 4 is 29.2 Å². The van der Waals surface area contributed by atoms with E-state index in [0.717, 1.165) is 0 Å². The van der Waals surface area contributed by atoms with Crippen molar-refractivity contribution in [2.75, 3.05) is 13.7 Å². The highest BCUT2D eigenvalue weighted by atomic mass is 35.5. The molecule has 0 aromatic heterocycles. The van der Waals surface area contributed by atoms with Crippen molar-refractivity contribution in [3.8, 4) is 5.75 Å². The van der Waals surface area contributed by atoms with E-state index in [9.17, 15) is 4.79 Å². The smallest absolute Gasteiger partial charge is 0.314 e. The molecule has 0 unspecified atom stereocenters. The van der Waals surface area contributed by atoms with Gasteiger partial charge in [0.1, 0.15) is 12.4 Å². The van der Waals surface area contributed by atoms with Gasteiger partial charge in [-0.15, -0.1) is 0 Å². The minimum atomic E-state index is -0.707. The lowest BCUT2D eigenvalue weighted by Crippen LogP contribution is -2.32. The van der Waals surface area contributed by atoms with Crippen LogP contribution in [0, 0.1) is 5.41 Å². The van der Waals surface area contributed by atoms with E-state index in [0.29, 0.717) is 15.8 Å². The van der Waals surface area contributed by atoms with Crippen molar-refractivity contribution in [2.45, 2.75) is 13.8 Å². The van der Waals surface area contributed by atoms with Gasteiger partial charge in [0.05, 0.1) is 22.6 Å². The van der Waals surface area contributed by atoms with Crippen molar-refractivity contribution < 1.29 is 14.3 Å². The summed E-state index contributed by atoms with van der Waals surface area (Å²) < 4.78 is 10.2. The van der Waals surface area contributed by atoms with Gasteiger partial charge < -0.3 is 9.47 Å². The van der Waals surface area contributed by atoms with Crippen LogP contribution in [0.25, 0.3) is 0 Å². The largest absolute Gasteiger partial charge is 0.492 e. The summed E-state index contributed by atoms with van der Waals surface area (Å²) in [6.45, 7) is 3.70. The van der Waals surface area contributed by atoms with E-state index in [1.54, 1.807) is 32.0 Å². The van der Waals surface area contributed by atoms with Crippen LogP contribution >= 0.6 is 23.2 Å². The molecule has 1 aromatic carbocycles. The average molecular weight is 277 g/mol. The molecule has 94 valence electrons. The molecule has 0 radical (unpaired) electrons. The molecule has 0 fully saturated rings. The SMILES string of the molecule is COC(=O)C(C)(C)COc1ccc(Cl)c(Cl)c1. The van der Waals surface area contributed by atoms with Crippen LogP contribution in [0.15, 0.2) is 18.2 Å². The summed E-state index contributed by atoms with van der Waals surface area (Å²) in [6.07, 6.45) is 0. The van der Waals surface area contributed by atoms with Crippen molar-refractivity contribution in [2.24, 2.45) is 5.41 Å². The van der Waals surface area contributed by atoms with Crippen LogP contribution < -0.4 is 4.74 Å². The summed E-state index contributed by atoms with van der Waals surface area (Å²) in [5.74, 6) is 0.244. The fourth-order valence-electron chi connectivity index (χ4n) is 1.17. The molecule has 0 spiro atoms. The maximum atomic E-state index is 11.4. The maximum Gasteiger partial charge on any atom is 0.314 e. The quantitative estimate of drug-likeness (QED) is 0.789. The molecule has 0 amide bonds. The Hall–Kier alpha value is -0.930. The number of esters is 1.